The van der Waals surface area contributed by atoms with Gasteiger partial charge in [0.2, 0.25) is 0 Å². The van der Waals surface area contributed by atoms with Crippen LogP contribution in [0.2, 0.25) is 0 Å². The van der Waals surface area contributed by atoms with Gasteiger partial charge in [-0.3, -0.25) is 0 Å². The first-order chi connectivity index (χ1) is 2.77. The van der Waals surface area contributed by atoms with Gasteiger partial charge < -0.3 is 4.79 Å². The maximum absolute atomic E-state index is 10.1. The molecule has 0 amide bonds. The Hall–Kier alpha value is 0.735. The zero-order valence-corrected chi connectivity index (χ0v) is 6.32. The molecule has 0 N–H and O–H groups in total. The van der Waals surface area contributed by atoms with E-state index in [9.17, 15) is 4.79 Å². The standard InChI is InChI=1S/C4H7O.2Al.5H/c1-2-3-4-5;;;;;;;/h2-3H2,1H3;;;;;;;. The molecule has 0 saturated heterocycles. The van der Waals surface area contributed by atoms with Crippen LogP contribution in [0.3, 0.4) is 0 Å². The number of carbonyl (C=O) groups excluding carboxylic acids is 1. The SMILES string of the molecule is CCC[C](=O)[AlH2].[AlH3]. The highest BCUT2D eigenvalue weighted by molar-refractivity contribution is 6.57. The molecule has 0 heterocycles. The van der Waals surface area contributed by atoms with E-state index in [1.54, 1.807) is 0 Å². The van der Waals surface area contributed by atoms with Crippen molar-refractivity contribution in [2.24, 2.45) is 0 Å². The predicted molar refractivity (Wildman–Crippen MR) is 38.4 cm³/mol. The van der Waals surface area contributed by atoms with Crippen LogP contribution in [-0.4, -0.2) is 38.3 Å². The van der Waals surface area contributed by atoms with Gasteiger partial charge >= 0.3 is 16.3 Å². The van der Waals surface area contributed by atoms with Crippen LogP contribution < -0.4 is 0 Å². The van der Waals surface area contributed by atoms with Crippen LogP contribution in [0.5, 0.6) is 0 Å². The Balaban J connectivity index is 0. The summed E-state index contributed by atoms with van der Waals surface area (Å²) in [6.45, 7) is 2.02. The minimum absolute atomic E-state index is 0. The van der Waals surface area contributed by atoms with Gasteiger partial charge in [-0.25, -0.2) is 0 Å². The summed E-state index contributed by atoms with van der Waals surface area (Å²) in [7, 11) is 0. The summed E-state index contributed by atoms with van der Waals surface area (Å²) in [5, 5.41) is 0. The third-order valence-corrected chi connectivity index (χ3v) is 1.10. The van der Waals surface area contributed by atoms with Crippen molar-refractivity contribution in [3.63, 3.8) is 0 Å². The average Bonchev–Trinajstić information content (AvgIpc) is 1.35. The largest absolute Gasteiger partial charge is 0.322 e. The van der Waals surface area contributed by atoms with Crippen molar-refractivity contribution in [3.05, 3.63) is 0 Å². The molecule has 0 saturated carbocycles. The molecule has 0 aliphatic rings. The second-order valence-corrected chi connectivity index (χ2v) is 2.57. The van der Waals surface area contributed by atoms with Crippen molar-refractivity contribution in [3.8, 4) is 0 Å². The summed E-state index contributed by atoms with van der Waals surface area (Å²) >= 11 is 0.740. The molecule has 0 unspecified atom stereocenters. The molecule has 0 aromatic carbocycles. The quantitative estimate of drug-likeness (QED) is 0.427. The van der Waals surface area contributed by atoms with Gasteiger partial charge in [-0.2, -0.15) is 0 Å². The van der Waals surface area contributed by atoms with E-state index in [0.717, 1.165) is 29.1 Å². The fourth-order valence-corrected chi connectivity index (χ4v) is 0.852. The topological polar surface area (TPSA) is 17.1 Å². The maximum Gasteiger partial charge on any atom is 0.319 e. The minimum Gasteiger partial charge on any atom is -0.322 e. The third kappa shape index (κ3) is 10.8. The number of rotatable bonds is 2. The first-order valence-corrected chi connectivity index (χ1v) is 3.26. The summed E-state index contributed by atoms with van der Waals surface area (Å²) in [6, 6.07) is 0. The molecule has 1 nitrogen and oxygen atoms in total. The smallest absolute Gasteiger partial charge is 0.319 e. The summed E-state index contributed by atoms with van der Waals surface area (Å²) in [4.78, 5) is 10.1. The summed E-state index contributed by atoms with van der Waals surface area (Å²) in [5.41, 5.74) is 0. The lowest BCUT2D eigenvalue weighted by atomic mass is 10.4. The van der Waals surface area contributed by atoms with E-state index < -0.39 is 0 Å². The number of hydrogen-bond acceptors (Lipinski definition) is 1. The molecular formula is C4H12Al2O. The third-order valence-electron chi connectivity index (χ3n) is 0.602. The van der Waals surface area contributed by atoms with Crippen molar-refractivity contribution in [2.45, 2.75) is 19.8 Å². The lowest BCUT2D eigenvalue weighted by molar-refractivity contribution is -0.111. The Morgan fingerprint density at radius 1 is 1.71 bits per heavy atom. The molecule has 0 aliphatic heterocycles. The molecule has 7 heavy (non-hydrogen) atoms. The highest BCUT2D eigenvalue weighted by atomic mass is 27.0. The van der Waals surface area contributed by atoms with Crippen molar-refractivity contribution in [1.82, 2.24) is 0 Å². The molecule has 40 valence electrons. The van der Waals surface area contributed by atoms with E-state index >= 15 is 0 Å². The van der Waals surface area contributed by atoms with Gasteiger partial charge in [0, 0.05) is 4.65 Å². The van der Waals surface area contributed by atoms with E-state index in [-0.39, 0.29) is 17.4 Å². The maximum atomic E-state index is 10.1. The first-order valence-electron chi connectivity index (χ1n) is 2.26. The molecule has 0 atom stereocenters. The molecule has 0 aromatic rings. The molecule has 0 bridgehead atoms. The second-order valence-electron chi connectivity index (χ2n) is 1.45. The van der Waals surface area contributed by atoms with Crippen molar-refractivity contribution < 1.29 is 4.79 Å². The van der Waals surface area contributed by atoms with Crippen LogP contribution in [0, 0.1) is 0 Å². The fourth-order valence-electron chi connectivity index (χ4n) is 0.352. The molecule has 0 radical (unpaired) electrons. The van der Waals surface area contributed by atoms with Gasteiger partial charge in [0.1, 0.15) is 0 Å². The predicted octanol–water partition coefficient (Wildman–Crippen LogP) is -1.24. The summed E-state index contributed by atoms with van der Waals surface area (Å²) < 4.78 is 0.428. The van der Waals surface area contributed by atoms with Crippen LogP contribution in [0.15, 0.2) is 0 Å². The van der Waals surface area contributed by atoms with E-state index in [1.807, 2.05) is 6.92 Å². The summed E-state index contributed by atoms with van der Waals surface area (Å²) in [6.07, 6.45) is 1.81. The molecule has 0 rings (SSSR count). The molecular weight excluding hydrogens is 118 g/mol. The van der Waals surface area contributed by atoms with Crippen LogP contribution >= 0.6 is 0 Å². The Morgan fingerprint density at radius 2 is 2.14 bits per heavy atom. The molecule has 0 fully saturated rings. The highest BCUT2D eigenvalue weighted by Crippen LogP contribution is 1.81. The van der Waals surface area contributed by atoms with E-state index in [4.69, 9.17) is 0 Å². The normalized spacial score (nSPS) is 7.00. The Kier molecular flexibility index (Phi) is 10.3. The van der Waals surface area contributed by atoms with Gasteiger partial charge in [0.25, 0.3) is 0 Å². The van der Waals surface area contributed by atoms with Crippen molar-refractivity contribution >= 4 is 38.3 Å². The van der Waals surface area contributed by atoms with Gasteiger partial charge in [0.15, 0.2) is 17.4 Å². The Labute approximate surface area is 63.0 Å². The Bertz CT molecular complexity index is 53.7. The average molecular weight is 130 g/mol. The number of hydrogen-bond donors (Lipinski definition) is 0. The van der Waals surface area contributed by atoms with Gasteiger partial charge in [-0.15, -0.1) is 0 Å². The van der Waals surface area contributed by atoms with Gasteiger partial charge in [-0.05, 0) is 6.42 Å². The van der Waals surface area contributed by atoms with E-state index in [2.05, 4.69) is 0 Å². The molecule has 0 aromatic heterocycles. The van der Waals surface area contributed by atoms with Crippen LogP contribution in [-0.2, 0) is 4.79 Å². The van der Waals surface area contributed by atoms with Crippen molar-refractivity contribution in [2.75, 3.05) is 0 Å². The van der Waals surface area contributed by atoms with Gasteiger partial charge in [0.05, 0.1) is 0 Å². The fraction of sp³-hybridized carbons (Fsp3) is 0.750. The molecule has 0 spiro atoms. The van der Waals surface area contributed by atoms with E-state index in [1.165, 1.54) is 0 Å². The lowest BCUT2D eigenvalue weighted by Crippen LogP contribution is -1.91. The minimum atomic E-state index is 0. The van der Waals surface area contributed by atoms with Gasteiger partial charge in [-0.1, -0.05) is 13.3 Å². The van der Waals surface area contributed by atoms with Crippen LogP contribution in [0.25, 0.3) is 0 Å². The zero-order chi connectivity index (χ0) is 4.99. The lowest BCUT2D eigenvalue weighted by Gasteiger charge is -1.81. The molecule has 0 aliphatic carbocycles. The van der Waals surface area contributed by atoms with E-state index in [0.29, 0.717) is 4.65 Å². The zero-order valence-electron chi connectivity index (χ0n) is 4.32. The Morgan fingerprint density at radius 3 is 2.14 bits per heavy atom. The second kappa shape index (κ2) is 6.73. The highest BCUT2D eigenvalue weighted by Gasteiger charge is 1.84. The van der Waals surface area contributed by atoms with Crippen LogP contribution in [0.1, 0.15) is 19.8 Å². The van der Waals surface area contributed by atoms with Crippen molar-refractivity contribution in [1.29, 1.82) is 0 Å². The summed E-state index contributed by atoms with van der Waals surface area (Å²) in [5.74, 6) is 0. The van der Waals surface area contributed by atoms with Crippen LogP contribution in [0.4, 0.5) is 0 Å². The molecule has 3 heteroatoms. The number of carbonyl (C=O) groups is 1. The monoisotopic (exact) mass is 130 g/mol. The first kappa shape index (κ1) is 10.7.